The second-order valence-electron chi connectivity index (χ2n) is 6.47. The van der Waals surface area contributed by atoms with Crippen LogP contribution in [0, 0.1) is 5.92 Å². The molecule has 2 fully saturated rings. The van der Waals surface area contributed by atoms with Crippen molar-refractivity contribution in [3.63, 3.8) is 0 Å². The van der Waals surface area contributed by atoms with Crippen LogP contribution in [0.25, 0.3) is 0 Å². The van der Waals surface area contributed by atoms with Gasteiger partial charge in [0.2, 0.25) is 5.91 Å². The Balaban J connectivity index is 1.42. The Kier molecular flexibility index (Phi) is 5.46. The molecule has 1 amide bonds. The highest BCUT2D eigenvalue weighted by Gasteiger charge is 2.32. The molecule has 1 unspecified atom stereocenters. The maximum atomic E-state index is 12.2. The predicted molar refractivity (Wildman–Crippen MR) is 89.2 cm³/mol. The van der Waals surface area contributed by atoms with Gasteiger partial charge in [0.1, 0.15) is 5.82 Å². The van der Waals surface area contributed by atoms with E-state index in [0.29, 0.717) is 18.9 Å². The van der Waals surface area contributed by atoms with Gasteiger partial charge in [0.05, 0.1) is 6.54 Å². The molecule has 2 N–H and O–H groups in total. The Morgan fingerprint density at radius 3 is 2.70 bits per heavy atom. The van der Waals surface area contributed by atoms with Crippen LogP contribution in [0.4, 0.5) is 5.82 Å². The van der Waals surface area contributed by atoms with Crippen molar-refractivity contribution >= 4 is 11.7 Å². The van der Waals surface area contributed by atoms with Gasteiger partial charge in [-0.05, 0) is 37.3 Å². The van der Waals surface area contributed by atoms with Gasteiger partial charge in [-0.15, -0.1) is 0 Å². The van der Waals surface area contributed by atoms with Gasteiger partial charge in [0, 0.05) is 45.0 Å². The molecule has 1 saturated carbocycles. The lowest BCUT2D eigenvalue weighted by molar-refractivity contribution is -0.123. The van der Waals surface area contributed by atoms with Crippen LogP contribution in [-0.2, 0) is 4.79 Å². The molecule has 23 heavy (non-hydrogen) atoms. The molecular weight excluding hydrogens is 292 g/mol. The van der Waals surface area contributed by atoms with E-state index >= 15 is 0 Å². The standard InChI is InChI=1S/C17H26N4O2/c22-12-6-15(14-4-5-14)19-17(23)13-20-8-10-21(11-9-20)16-3-1-2-7-18-16/h1-3,7,14-15,22H,4-6,8-13H2,(H,19,23). The number of aliphatic hydroxyl groups is 1. The summed E-state index contributed by atoms with van der Waals surface area (Å²) in [5, 5.41) is 12.2. The van der Waals surface area contributed by atoms with E-state index in [2.05, 4.69) is 20.1 Å². The van der Waals surface area contributed by atoms with Crippen molar-refractivity contribution in [2.45, 2.75) is 25.3 Å². The summed E-state index contributed by atoms with van der Waals surface area (Å²) >= 11 is 0. The number of anilines is 1. The molecule has 0 spiro atoms. The molecule has 1 saturated heterocycles. The van der Waals surface area contributed by atoms with Crippen LogP contribution in [0.15, 0.2) is 24.4 Å². The van der Waals surface area contributed by atoms with Crippen molar-refractivity contribution in [3.8, 4) is 0 Å². The molecule has 1 aliphatic heterocycles. The Labute approximate surface area is 137 Å². The van der Waals surface area contributed by atoms with E-state index in [-0.39, 0.29) is 18.6 Å². The summed E-state index contributed by atoms with van der Waals surface area (Å²) in [4.78, 5) is 21.0. The Morgan fingerprint density at radius 2 is 2.09 bits per heavy atom. The van der Waals surface area contributed by atoms with Gasteiger partial charge in [-0.3, -0.25) is 9.69 Å². The number of nitrogens with one attached hydrogen (secondary N) is 1. The third kappa shape index (κ3) is 4.65. The van der Waals surface area contributed by atoms with Gasteiger partial charge in [-0.2, -0.15) is 0 Å². The first kappa shape index (κ1) is 16.2. The smallest absolute Gasteiger partial charge is 0.234 e. The summed E-state index contributed by atoms with van der Waals surface area (Å²) in [6.45, 7) is 4.13. The fourth-order valence-corrected chi connectivity index (χ4v) is 3.19. The molecule has 1 aromatic rings. The van der Waals surface area contributed by atoms with Crippen LogP contribution in [0.5, 0.6) is 0 Å². The minimum atomic E-state index is 0.0848. The molecule has 6 heteroatoms. The van der Waals surface area contributed by atoms with Gasteiger partial charge >= 0.3 is 0 Å². The Bertz CT molecular complexity index is 499. The van der Waals surface area contributed by atoms with Gasteiger partial charge < -0.3 is 15.3 Å². The zero-order chi connectivity index (χ0) is 16.1. The second kappa shape index (κ2) is 7.75. The maximum Gasteiger partial charge on any atom is 0.234 e. The molecule has 1 aliphatic carbocycles. The van der Waals surface area contributed by atoms with Crippen molar-refractivity contribution in [3.05, 3.63) is 24.4 Å². The lowest BCUT2D eigenvalue weighted by Crippen LogP contribution is -2.51. The van der Waals surface area contributed by atoms with Crippen molar-refractivity contribution in [2.75, 3.05) is 44.2 Å². The number of carbonyl (C=O) groups excluding carboxylic acids is 1. The number of hydrogen-bond donors (Lipinski definition) is 2. The average Bonchev–Trinajstić information content (AvgIpc) is 3.41. The lowest BCUT2D eigenvalue weighted by atomic mass is 10.1. The first-order valence-electron chi connectivity index (χ1n) is 8.55. The molecule has 2 aliphatic rings. The van der Waals surface area contributed by atoms with Crippen molar-refractivity contribution in [1.82, 2.24) is 15.2 Å². The first-order chi connectivity index (χ1) is 11.3. The summed E-state index contributed by atoms with van der Waals surface area (Å²) in [7, 11) is 0. The highest BCUT2D eigenvalue weighted by Crippen LogP contribution is 2.33. The van der Waals surface area contributed by atoms with Crippen molar-refractivity contribution < 1.29 is 9.90 Å². The number of carbonyl (C=O) groups is 1. The number of aliphatic hydroxyl groups excluding tert-OH is 1. The zero-order valence-corrected chi connectivity index (χ0v) is 13.5. The molecule has 0 aromatic carbocycles. The molecule has 1 atom stereocenters. The summed E-state index contributed by atoms with van der Waals surface area (Å²) in [5.74, 6) is 1.67. The maximum absolute atomic E-state index is 12.2. The van der Waals surface area contributed by atoms with Gasteiger partial charge in [-0.1, -0.05) is 6.07 Å². The molecule has 0 bridgehead atoms. The number of nitrogens with zero attached hydrogens (tertiary/aromatic N) is 3. The number of amides is 1. The highest BCUT2D eigenvalue weighted by molar-refractivity contribution is 5.78. The van der Waals surface area contributed by atoms with Gasteiger partial charge in [0.25, 0.3) is 0 Å². The third-order valence-electron chi connectivity index (χ3n) is 4.69. The molecular formula is C17H26N4O2. The van der Waals surface area contributed by atoms with E-state index in [1.165, 1.54) is 12.8 Å². The van der Waals surface area contributed by atoms with Crippen LogP contribution in [0.3, 0.4) is 0 Å². The zero-order valence-electron chi connectivity index (χ0n) is 13.5. The average molecular weight is 318 g/mol. The minimum Gasteiger partial charge on any atom is -0.396 e. The Morgan fingerprint density at radius 1 is 1.30 bits per heavy atom. The van der Waals surface area contributed by atoms with Crippen molar-refractivity contribution in [1.29, 1.82) is 0 Å². The summed E-state index contributed by atoms with van der Waals surface area (Å²) in [6, 6.07) is 6.10. The van der Waals surface area contributed by atoms with E-state index in [9.17, 15) is 4.79 Å². The normalized spacial score (nSPS) is 20.3. The van der Waals surface area contributed by atoms with Crippen LogP contribution < -0.4 is 10.2 Å². The molecule has 2 heterocycles. The molecule has 0 radical (unpaired) electrons. The number of piperazine rings is 1. The quantitative estimate of drug-likeness (QED) is 0.765. The molecule has 6 nitrogen and oxygen atoms in total. The fourth-order valence-electron chi connectivity index (χ4n) is 3.19. The molecule has 126 valence electrons. The summed E-state index contributed by atoms with van der Waals surface area (Å²) in [6.07, 6.45) is 4.83. The highest BCUT2D eigenvalue weighted by atomic mass is 16.3. The van der Waals surface area contributed by atoms with E-state index in [4.69, 9.17) is 5.11 Å². The van der Waals surface area contributed by atoms with E-state index in [1.54, 1.807) is 0 Å². The van der Waals surface area contributed by atoms with Crippen LogP contribution in [0.2, 0.25) is 0 Å². The van der Waals surface area contributed by atoms with Gasteiger partial charge in [0.15, 0.2) is 0 Å². The topological polar surface area (TPSA) is 68.7 Å². The first-order valence-corrected chi connectivity index (χ1v) is 8.55. The van der Waals surface area contributed by atoms with Crippen LogP contribution >= 0.6 is 0 Å². The number of aromatic nitrogens is 1. The number of rotatable bonds is 7. The lowest BCUT2D eigenvalue weighted by Gasteiger charge is -2.35. The second-order valence-corrected chi connectivity index (χ2v) is 6.47. The minimum absolute atomic E-state index is 0.0848. The fraction of sp³-hybridized carbons (Fsp3) is 0.647. The number of pyridine rings is 1. The van der Waals surface area contributed by atoms with Gasteiger partial charge in [-0.25, -0.2) is 4.98 Å². The predicted octanol–water partition coefficient (Wildman–Crippen LogP) is 0.481. The molecule has 3 rings (SSSR count). The summed E-state index contributed by atoms with van der Waals surface area (Å²) in [5.41, 5.74) is 0. The van der Waals surface area contributed by atoms with E-state index < -0.39 is 0 Å². The Hall–Kier alpha value is -1.66. The summed E-state index contributed by atoms with van der Waals surface area (Å²) < 4.78 is 0. The monoisotopic (exact) mass is 318 g/mol. The van der Waals surface area contributed by atoms with E-state index in [1.807, 2.05) is 24.4 Å². The van der Waals surface area contributed by atoms with Crippen LogP contribution in [0.1, 0.15) is 19.3 Å². The molecule has 1 aromatic heterocycles. The number of hydrogen-bond acceptors (Lipinski definition) is 5. The van der Waals surface area contributed by atoms with Crippen LogP contribution in [-0.4, -0.2) is 66.3 Å². The largest absolute Gasteiger partial charge is 0.396 e. The van der Waals surface area contributed by atoms with Crippen molar-refractivity contribution in [2.24, 2.45) is 5.92 Å². The SMILES string of the molecule is O=C(CN1CCN(c2ccccn2)CC1)NC(CCO)C1CC1. The van der Waals surface area contributed by atoms with E-state index in [0.717, 1.165) is 32.0 Å². The third-order valence-corrected chi connectivity index (χ3v) is 4.69.